The second-order valence-corrected chi connectivity index (χ2v) is 3.07. The molecule has 0 atom stereocenters. The molecule has 0 saturated carbocycles. The first kappa shape index (κ1) is 8.75. The molecule has 14 heavy (non-hydrogen) atoms. The van der Waals surface area contributed by atoms with Gasteiger partial charge in [-0.3, -0.25) is 0 Å². The predicted octanol–water partition coefficient (Wildman–Crippen LogP) is 2.27. The number of esters is 1. The predicted molar refractivity (Wildman–Crippen MR) is 55.5 cm³/mol. The first-order chi connectivity index (χ1) is 6.81. The molecule has 0 heterocycles. The summed E-state index contributed by atoms with van der Waals surface area (Å²) < 4.78 is 4.93. The highest BCUT2D eigenvalue weighted by Crippen LogP contribution is 2.31. The van der Waals surface area contributed by atoms with Gasteiger partial charge in [0.1, 0.15) is 6.61 Å². The number of carbonyl (C=O) groups excluding carboxylic acids is 1. The molecular formula is C12H10O2. The SMILES string of the molecule is C=CC(=O)OCC1=Cc2ccccc21. The van der Waals surface area contributed by atoms with E-state index in [-0.39, 0.29) is 5.97 Å². The van der Waals surface area contributed by atoms with Gasteiger partial charge in [-0.05, 0) is 22.8 Å². The lowest BCUT2D eigenvalue weighted by Gasteiger charge is -2.19. The van der Waals surface area contributed by atoms with E-state index in [4.69, 9.17) is 4.74 Å². The number of ether oxygens (including phenoxy) is 1. The van der Waals surface area contributed by atoms with Gasteiger partial charge in [0.2, 0.25) is 0 Å². The van der Waals surface area contributed by atoms with Gasteiger partial charge in [0, 0.05) is 6.08 Å². The van der Waals surface area contributed by atoms with Gasteiger partial charge in [-0.15, -0.1) is 0 Å². The summed E-state index contributed by atoms with van der Waals surface area (Å²) >= 11 is 0. The Morgan fingerprint density at radius 1 is 1.43 bits per heavy atom. The molecule has 0 radical (unpaired) electrons. The Balaban J connectivity index is 1.98. The first-order valence-electron chi connectivity index (χ1n) is 4.40. The second kappa shape index (κ2) is 3.50. The summed E-state index contributed by atoms with van der Waals surface area (Å²) in [5, 5.41) is 0. The normalized spacial score (nSPS) is 12.1. The second-order valence-electron chi connectivity index (χ2n) is 3.07. The molecule has 0 N–H and O–H groups in total. The first-order valence-corrected chi connectivity index (χ1v) is 4.40. The summed E-state index contributed by atoms with van der Waals surface area (Å²) in [5.41, 5.74) is 3.44. The van der Waals surface area contributed by atoms with Crippen molar-refractivity contribution < 1.29 is 9.53 Å². The Kier molecular flexibility index (Phi) is 2.19. The van der Waals surface area contributed by atoms with E-state index in [1.54, 1.807) is 0 Å². The van der Waals surface area contributed by atoms with Crippen molar-refractivity contribution in [3.05, 3.63) is 48.0 Å². The van der Waals surface area contributed by atoms with Crippen molar-refractivity contribution >= 4 is 17.6 Å². The van der Waals surface area contributed by atoms with Crippen molar-refractivity contribution in [1.82, 2.24) is 0 Å². The molecule has 0 aromatic heterocycles. The van der Waals surface area contributed by atoms with Gasteiger partial charge in [-0.25, -0.2) is 4.79 Å². The number of carbonyl (C=O) groups is 1. The van der Waals surface area contributed by atoms with Gasteiger partial charge in [0.05, 0.1) is 0 Å². The van der Waals surface area contributed by atoms with Crippen molar-refractivity contribution in [3.63, 3.8) is 0 Å². The smallest absolute Gasteiger partial charge is 0.330 e. The molecule has 1 aromatic rings. The topological polar surface area (TPSA) is 26.3 Å². The fourth-order valence-electron chi connectivity index (χ4n) is 1.43. The molecule has 2 heteroatoms. The molecule has 0 amide bonds. The van der Waals surface area contributed by atoms with Crippen molar-refractivity contribution in [3.8, 4) is 0 Å². The third kappa shape index (κ3) is 1.46. The fraction of sp³-hybridized carbons (Fsp3) is 0.0833. The number of rotatable bonds is 3. The van der Waals surface area contributed by atoms with E-state index in [9.17, 15) is 4.79 Å². The maximum Gasteiger partial charge on any atom is 0.330 e. The molecule has 70 valence electrons. The lowest BCUT2D eigenvalue weighted by molar-refractivity contribution is -0.136. The number of benzene rings is 1. The Hall–Kier alpha value is -1.83. The molecule has 1 aromatic carbocycles. The van der Waals surface area contributed by atoms with Crippen LogP contribution < -0.4 is 0 Å². The average molecular weight is 186 g/mol. The monoisotopic (exact) mass is 186 g/mol. The highest BCUT2D eigenvalue weighted by molar-refractivity contribution is 5.96. The van der Waals surface area contributed by atoms with Gasteiger partial charge in [-0.1, -0.05) is 30.8 Å². The molecule has 0 unspecified atom stereocenters. The molecule has 0 spiro atoms. The minimum Gasteiger partial charge on any atom is -0.458 e. The van der Waals surface area contributed by atoms with E-state index in [2.05, 4.69) is 6.58 Å². The van der Waals surface area contributed by atoms with Crippen LogP contribution in [0.25, 0.3) is 11.6 Å². The highest BCUT2D eigenvalue weighted by atomic mass is 16.5. The molecule has 0 aliphatic heterocycles. The van der Waals surface area contributed by atoms with E-state index < -0.39 is 0 Å². The molecular weight excluding hydrogens is 176 g/mol. The van der Waals surface area contributed by atoms with Crippen LogP contribution in [0.2, 0.25) is 0 Å². The Labute approximate surface area is 82.5 Å². The van der Waals surface area contributed by atoms with Crippen molar-refractivity contribution in [2.75, 3.05) is 6.61 Å². The van der Waals surface area contributed by atoms with Gasteiger partial charge in [0.15, 0.2) is 0 Å². The molecule has 0 bridgehead atoms. The summed E-state index contributed by atoms with van der Waals surface area (Å²) in [6.07, 6.45) is 3.19. The number of hydrogen-bond donors (Lipinski definition) is 0. The van der Waals surface area contributed by atoms with Crippen LogP contribution in [-0.4, -0.2) is 12.6 Å². The van der Waals surface area contributed by atoms with E-state index in [1.807, 2.05) is 30.3 Å². The zero-order valence-electron chi connectivity index (χ0n) is 7.69. The van der Waals surface area contributed by atoms with Gasteiger partial charge < -0.3 is 4.74 Å². The maximum absolute atomic E-state index is 10.8. The van der Waals surface area contributed by atoms with Crippen LogP contribution in [0, 0.1) is 0 Å². The average Bonchev–Trinajstić information content (AvgIpc) is 2.19. The summed E-state index contributed by atoms with van der Waals surface area (Å²) in [7, 11) is 0. The van der Waals surface area contributed by atoms with Crippen LogP contribution in [0.1, 0.15) is 11.1 Å². The van der Waals surface area contributed by atoms with E-state index in [0.717, 1.165) is 5.57 Å². The third-order valence-electron chi connectivity index (χ3n) is 2.17. The van der Waals surface area contributed by atoms with Gasteiger partial charge in [0.25, 0.3) is 0 Å². The van der Waals surface area contributed by atoms with Crippen LogP contribution >= 0.6 is 0 Å². The Morgan fingerprint density at radius 3 is 2.93 bits per heavy atom. The van der Waals surface area contributed by atoms with Gasteiger partial charge in [-0.2, -0.15) is 0 Å². The Morgan fingerprint density at radius 2 is 2.21 bits per heavy atom. The quantitative estimate of drug-likeness (QED) is 0.534. The molecule has 0 saturated heterocycles. The van der Waals surface area contributed by atoms with Crippen LogP contribution in [-0.2, 0) is 9.53 Å². The van der Waals surface area contributed by atoms with E-state index in [0.29, 0.717) is 6.61 Å². The molecule has 1 aliphatic rings. The third-order valence-corrected chi connectivity index (χ3v) is 2.17. The van der Waals surface area contributed by atoms with Crippen molar-refractivity contribution in [2.45, 2.75) is 0 Å². The minimum absolute atomic E-state index is 0.335. The zero-order chi connectivity index (χ0) is 9.97. The summed E-state index contributed by atoms with van der Waals surface area (Å²) in [6, 6.07) is 8.02. The van der Waals surface area contributed by atoms with Crippen LogP contribution in [0.3, 0.4) is 0 Å². The lowest BCUT2D eigenvalue weighted by atomic mass is 9.89. The maximum atomic E-state index is 10.8. The van der Waals surface area contributed by atoms with Crippen LogP contribution in [0.15, 0.2) is 36.9 Å². The summed E-state index contributed by atoms with van der Waals surface area (Å²) in [6.45, 7) is 3.67. The summed E-state index contributed by atoms with van der Waals surface area (Å²) in [4.78, 5) is 10.8. The highest BCUT2D eigenvalue weighted by Gasteiger charge is 2.15. The largest absolute Gasteiger partial charge is 0.458 e. The fourth-order valence-corrected chi connectivity index (χ4v) is 1.43. The van der Waals surface area contributed by atoms with Crippen LogP contribution in [0.4, 0.5) is 0 Å². The van der Waals surface area contributed by atoms with Crippen LogP contribution in [0.5, 0.6) is 0 Å². The zero-order valence-corrected chi connectivity index (χ0v) is 7.69. The molecule has 1 aliphatic carbocycles. The minimum atomic E-state index is -0.379. The standard InChI is InChI=1S/C12H10O2/c1-2-12(13)14-8-10-7-9-5-3-4-6-11(9)10/h2-7H,1,8H2. The number of hydrogen-bond acceptors (Lipinski definition) is 2. The van der Waals surface area contributed by atoms with Crippen molar-refractivity contribution in [1.29, 1.82) is 0 Å². The molecule has 2 nitrogen and oxygen atoms in total. The molecule has 2 rings (SSSR count). The molecule has 0 fully saturated rings. The van der Waals surface area contributed by atoms with Gasteiger partial charge >= 0.3 is 5.97 Å². The van der Waals surface area contributed by atoms with E-state index in [1.165, 1.54) is 17.2 Å². The summed E-state index contributed by atoms with van der Waals surface area (Å²) in [5.74, 6) is -0.379. The van der Waals surface area contributed by atoms with E-state index >= 15 is 0 Å². The Bertz CT molecular complexity index is 416. The van der Waals surface area contributed by atoms with Crippen molar-refractivity contribution in [2.24, 2.45) is 0 Å². The number of fused-ring (bicyclic) bond motifs is 1. The lowest BCUT2D eigenvalue weighted by Crippen LogP contribution is -2.08.